The number of primary amides is 1. The molecule has 3 nitrogen and oxygen atoms in total. The van der Waals surface area contributed by atoms with Crippen LogP contribution < -0.4 is 10.5 Å². The van der Waals surface area contributed by atoms with E-state index in [1.807, 2.05) is 43.3 Å². The first kappa shape index (κ1) is 12.2. The van der Waals surface area contributed by atoms with Crippen LogP contribution in [0.4, 0.5) is 0 Å². The summed E-state index contributed by atoms with van der Waals surface area (Å²) in [6, 6.07) is 13.2. The van der Waals surface area contributed by atoms with Crippen LogP contribution in [0.15, 0.2) is 42.5 Å². The van der Waals surface area contributed by atoms with Crippen molar-refractivity contribution < 1.29 is 9.53 Å². The number of benzene rings is 2. The lowest BCUT2D eigenvalue weighted by molar-refractivity contribution is 0.100. The molecule has 1 amide bonds. The zero-order chi connectivity index (χ0) is 13.1. The first-order valence-corrected chi connectivity index (χ1v) is 5.66. The molecule has 0 heterocycles. The van der Waals surface area contributed by atoms with Crippen molar-refractivity contribution in [2.24, 2.45) is 5.73 Å². The Balaban J connectivity index is 2.59. The number of hydrogen-bond acceptors (Lipinski definition) is 2. The molecule has 18 heavy (non-hydrogen) atoms. The van der Waals surface area contributed by atoms with Crippen molar-refractivity contribution in [3.63, 3.8) is 0 Å². The molecule has 0 bridgehead atoms. The van der Waals surface area contributed by atoms with E-state index in [2.05, 4.69) is 0 Å². The lowest BCUT2D eigenvalue weighted by Crippen LogP contribution is -2.12. The number of hydrogen-bond donors (Lipinski definition) is 1. The topological polar surface area (TPSA) is 52.3 Å². The maximum absolute atomic E-state index is 11.5. The van der Waals surface area contributed by atoms with Crippen LogP contribution >= 0.6 is 0 Å². The van der Waals surface area contributed by atoms with Gasteiger partial charge in [-0.25, -0.2) is 0 Å². The van der Waals surface area contributed by atoms with Gasteiger partial charge in [-0.15, -0.1) is 0 Å². The van der Waals surface area contributed by atoms with Gasteiger partial charge in [-0.05, 0) is 36.2 Å². The van der Waals surface area contributed by atoms with Crippen LogP contribution in [0, 0.1) is 6.92 Å². The summed E-state index contributed by atoms with van der Waals surface area (Å²) >= 11 is 0. The molecule has 0 radical (unpaired) electrons. The molecule has 0 aliphatic rings. The van der Waals surface area contributed by atoms with Gasteiger partial charge in [-0.2, -0.15) is 0 Å². The molecule has 0 spiro atoms. The Morgan fingerprint density at radius 1 is 1.17 bits per heavy atom. The fourth-order valence-electron chi connectivity index (χ4n) is 1.90. The molecule has 2 aromatic rings. The molecule has 0 unspecified atom stereocenters. The van der Waals surface area contributed by atoms with Crippen molar-refractivity contribution in [2.75, 3.05) is 7.11 Å². The Hall–Kier alpha value is -2.29. The van der Waals surface area contributed by atoms with Crippen molar-refractivity contribution in [3.8, 4) is 16.9 Å². The van der Waals surface area contributed by atoms with Gasteiger partial charge in [0.15, 0.2) is 0 Å². The van der Waals surface area contributed by atoms with Gasteiger partial charge >= 0.3 is 0 Å². The number of rotatable bonds is 3. The van der Waals surface area contributed by atoms with E-state index in [9.17, 15) is 4.79 Å². The quantitative estimate of drug-likeness (QED) is 0.898. The van der Waals surface area contributed by atoms with Gasteiger partial charge in [0.05, 0.1) is 7.11 Å². The van der Waals surface area contributed by atoms with Gasteiger partial charge in [0.25, 0.3) is 0 Å². The van der Waals surface area contributed by atoms with Gasteiger partial charge in [-0.1, -0.05) is 29.8 Å². The average molecular weight is 241 g/mol. The maximum Gasteiger partial charge on any atom is 0.249 e. The van der Waals surface area contributed by atoms with Crippen molar-refractivity contribution in [1.29, 1.82) is 0 Å². The highest BCUT2D eigenvalue weighted by molar-refractivity contribution is 6.00. The number of carbonyl (C=O) groups is 1. The smallest absolute Gasteiger partial charge is 0.249 e. The molecule has 92 valence electrons. The summed E-state index contributed by atoms with van der Waals surface area (Å²) in [6.07, 6.45) is 0. The number of ether oxygens (including phenoxy) is 1. The summed E-state index contributed by atoms with van der Waals surface area (Å²) in [5.41, 5.74) is 8.71. The molecule has 2 rings (SSSR count). The van der Waals surface area contributed by atoms with E-state index in [1.54, 1.807) is 13.2 Å². The van der Waals surface area contributed by atoms with Crippen LogP contribution in [-0.2, 0) is 0 Å². The molecule has 0 aliphatic heterocycles. The van der Waals surface area contributed by atoms with Gasteiger partial charge in [0.2, 0.25) is 5.91 Å². The van der Waals surface area contributed by atoms with E-state index >= 15 is 0 Å². The molecule has 0 saturated carbocycles. The standard InChI is InChI=1S/C15H15NO2/c1-10-6-7-13(14(8-10)15(16)17)11-4-3-5-12(9-11)18-2/h3-9H,1-2H3,(H2,16,17). The van der Waals surface area contributed by atoms with Crippen LogP contribution in [0.5, 0.6) is 5.75 Å². The number of carbonyl (C=O) groups excluding carboxylic acids is 1. The SMILES string of the molecule is COc1cccc(-c2ccc(C)cc2C(N)=O)c1. The largest absolute Gasteiger partial charge is 0.497 e. The van der Waals surface area contributed by atoms with Gasteiger partial charge in [0.1, 0.15) is 5.75 Å². The fourth-order valence-corrected chi connectivity index (χ4v) is 1.90. The van der Waals surface area contributed by atoms with Crippen LogP contribution in [0.3, 0.4) is 0 Å². The molecule has 0 aromatic heterocycles. The zero-order valence-electron chi connectivity index (χ0n) is 10.4. The van der Waals surface area contributed by atoms with Gasteiger partial charge < -0.3 is 10.5 Å². The Labute approximate surface area is 106 Å². The Morgan fingerprint density at radius 3 is 2.61 bits per heavy atom. The summed E-state index contributed by atoms with van der Waals surface area (Å²) in [5.74, 6) is 0.333. The molecule has 0 fully saturated rings. The van der Waals surface area contributed by atoms with Gasteiger partial charge in [-0.3, -0.25) is 4.79 Å². The van der Waals surface area contributed by atoms with E-state index in [0.717, 1.165) is 22.4 Å². The third-order valence-electron chi connectivity index (χ3n) is 2.82. The average Bonchev–Trinajstić information content (AvgIpc) is 2.38. The summed E-state index contributed by atoms with van der Waals surface area (Å²) in [5, 5.41) is 0. The predicted octanol–water partition coefficient (Wildman–Crippen LogP) is 2.77. The third-order valence-corrected chi connectivity index (χ3v) is 2.82. The molecule has 2 N–H and O–H groups in total. The van der Waals surface area contributed by atoms with Crippen molar-refractivity contribution >= 4 is 5.91 Å². The van der Waals surface area contributed by atoms with E-state index in [-0.39, 0.29) is 0 Å². The lowest BCUT2D eigenvalue weighted by Gasteiger charge is -2.09. The van der Waals surface area contributed by atoms with Crippen LogP contribution in [0.1, 0.15) is 15.9 Å². The molecule has 0 aliphatic carbocycles. The normalized spacial score (nSPS) is 10.1. The van der Waals surface area contributed by atoms with Crippen LogP contribution in [-0.4, -0.2) is 13.0 Å². The minimum Gasteiger partial charge on any atom is -0.497 e. The van der Waals surface area contributed by atoms with Crippen molar-refractivity contribution in [3.05, 3.63) is 53.6 Å². The van der Waals surface area contributed by atoms with Crippen molar-refractivity contribution in [1.82, 2.24) is 0 Å². The van der Waals surface area contributed by atoms with Crippen LogP contribution in [0.2, 0.25) is 0 Å². The van der Waals surface area contributed by atoms with E-state index in [4.69, 9.17) is 10.5 Å². The predicted molar refractivity (Wildman–Crippen MR) is 71.7 cm³/mol. The van der Waals surface area contributed by atoms with E-state index < -0.39 is 5.91 Å². The summed E-state index contributed by atoms with van der Waals surface area (Å²) in [6.45, 7) is 1.93. The molecule has 3 heteroatoms. The number of aryl methyl sites for hydroxylation is 1. The Bertz CT molecular complexity index is 591. The minimum absolute atomic E-state index is 0.420. The minimum atomic E-state index is -0.420. The van der Waals surface area contributed by atoms with E-state index in [0.29, 0.717) is 5.56 Å². The molecular weight excluding hydrogens is 226 g/mol. The second kappa shape index (κ2) is 4.92. The zero-order valence-corrected chi connectivity index (χ0v) is 10.4. The molecule has 0 atom stereocenters. The van der Waals surface area contributed by atoms with E-state index in [1.165, 1.54) is 0 Å². The maximum atomic E-state index is 11.5. The fraction of sp³-hybridized carbons (Fsp3) is 0.133. The molecular formula is C15H15NO2. The Kier molecular flexibility index (Phi) is 3.33. The Morgan fingerprint density at radius 2 is 1.94 bits per heavy atom. The highest BCUT2D eigenvalue weighted by Gasteiger charge is 2.10. The number of methoxy groups -OCH3 is 1. The van der Waals surface area contributed by atoms with Crippen LogP contribution in [0.25, 0.3) is 11.1 Å². The monoisotopic (exact) mass is 241 g/mol. The second-order valence-corrected chi connectivity index (χ2v) is 4.15. The first-order valence-electron chi connectivity index (χ1n) is 5.66. The third kappa shape index (κ3) is 2.35. The van der Waals surface area contributed by atoms with Crippen molar-refractivity contribution in [2.45, 2.75) is 6.92 Å². The number of amides is 1. The lowest BCUT2D eigenvalue weighted by atomic mass is 9.97. The summed E-state index contributed by atoms with van der Waals surface area (Å²) < 4.78 is 5.18. The molecule has 0 saturated heterocycles. The van der Waals surface area contributed by atoms with Gasteiger partial charge in [0, 0.05) is 5.56 Å². The summed E-state index contributed by atoms with van der Waals surface area (Å²) in [4.78, 5) is 11.5. The summed E-state index contributed by atoms with van der Waals surface area (Å²) in [7, 11) is 1.61. The second-order valence-electron chi connectivity index (χ2n) is 4.15. The number of nitrogens with two attached hydrogens (primary N) is 1. The first-order chi connectivity index (χ1) is 8.61. The molecule has 2 aromatic carbocycles. The highest BCUT2D eigenvalue weighted by Crippen LogP contribution is 2.27. The highest BCUT2D eigenvalue weighted by atomic mass is 16.5.